The number of hydrogen-bond donors (Lipinski definition) is 2. The Bertz CT molecular complexity index is 856. The number of halogens is 1. The highest BCUT2D eigenvalue weighted by atomic mass is 79.9. The topological polar surface area (TPSA) is 80.9 Å². The minimum absolute atomic E-state index is 0.406. The van der Waals surface area contributed by atoms with Crippen LogP contribution in [0.15, 0.2) is 77.8 Å². The highest BCUT2D eigenvalue weighted by molar-refractivity contribution is 9.10. The first kappa shape index (κ1) is 18.2. The number of pyridine rings is 2. The molecular weight excluding hydrogens is 392 g/mol. The van der Waals surface area contributed by atoms with Crippen molar-refractivity contribution in [3.05, 3.63) is 94.5 Å². The van der Waals surface area contributed by atoms with Gasteiger partial charge in [-0.05, 0) is 47.0 Å². The van der Waals surface area contributed by atoms with E-state index < -0.39 is 11.4 Å². The first-order valence-electron chi connectivity index (χ1n) is 8.19. The molecule has 2 heterocycles. The molecule has 0 fully saturated rings. The van der Waals surface area contributed by atoms with Crippen LogP contribution in [0.1, 0.15) is 16.7 Å². The average Bonchev–Trinajstić information content (AvgIpc) is 2.67. The lowest BCUT2D eigenvalue weighted by Crippen LogP contribution is -2.54. The number of carbonyl (C=O) groups excluding carboxylic acids is 1. The first-order chi connectivity index (χ1) is 12.6. The molecule has 0 radical (unpaired) electrons. The molecule has 3 rings (SSSR count). The maximum atomic E-state index is 12.6. The highest BCUT2D eigenvalue weighted by Gasteiger charge is 2.38. The molecule has 2 aromatic heterocycles. The predicted molar refractivity (Wildman–Crippen MR) is 104 cm³/mol. The standard InChI is InChI=1S/C20H19BrN4O/c21-18-5-3-17(4-6-18)20(19(22)26,12-16-2-1-9-24-13-16)25-14-15-7-10-23-11-8-15/h1-11,13,25H,12,14H2,(H2,22,26). The number of hydrogen-bond acceptors (Lipinski definition) is 4. The number of carbonyl (C=O) groups is 1. The van der Waals surface area contributed by atoms with Crippen molar-refractivity contribution >= 4 is 21.8 Å². The molecule has 0 saturated heterocycles. The summed E-state index contributed by atoms with van der Waals surface area (Å²) in [6, 6.07) is 15.2. The van der Waals surface area contributed by atoms with Gasteiger partial charge in [0.1, 0.15) is 5.54 Å². The number of nitrogens with zero attached hydrogens (tertiary/aromatic N) is 2. The Hall–Kier alpha value is -2.57. The fraction of sp³-hybridized carbons (Fsp3) is 0.150. The average molecular weight is 411 g/mol. The number of nitrogens with one attached hydrogen (secondary N) is 1. The molecule has 26 heavy (non-hydrogen) atoms. The summed E-state index contributed by atoms with van der Waals surface area (Å²) in [6.07, 6.45) is 7.32. The van der Waals surface area contributed by atoms with Gasteiger partial charge in [-0.2, -0.15) is 0 Å². The molecule has 132 valence electrons. The number of primary amides is 1. The monoisotopic (exact) mass is 410 g/mol. The minimum Gasteiger partial charge on any atom is -0.368 e. The van der Waals surface area contributed by atoms with E-state index in [0.29, 0.717) is 13.0 Å². The molecule has 0 saturated carbocycles. The van der Waals surface area contributed by atoms with Gasteiger partial charge in [0.2, 0.25) is 5.91 Å². The van der Waals surface area contributed by atoms with Crippen molar-refractivity contribution in [1.82, 2.24) is 15.3 Å². The highest BCUT2D eigenvalue weighted by Crippen LogP contribution is 2.28. The Morgan fingerprint density at radius 2 is 1.73 bits per heavy atom. The van der Waals surface area contributed by atoms with E-state index in [4.69, 9.17) is 5.73 Å². The summed E-state index contributed by atoms with van der Waals surface area (Å²) in [5, 5.41) is 3.39. The van der Waals surface area contributed by atoms with Crippen LogP contribution in [0.5, 0.6) is 0 Å². The molecule has 0 aliphatic rings. The molecule has 1 atom stereocenters. The third-order valence-corrected chi connectivity index (χ3v) is 4.82. The van der Waals surface area contributed by atoms with Gasteiger partial charge in [0.25, 0.3) is 0 Å². The normalized spacial score (nSPS) is 13.1. The summed E-state index contributed by atoms with van der Waals surface area (Å²) < 4.78 is 0.940. The molecular formula is C20H19BrN4O. The van der Waals surface area contributed by atoms with Gasteiger partial charge in [-0.1, -0.05) is 34.1 Å². The second kappa shape index (κ2) is 8.21. The lowest BCUT2D eigenvalue weighted by molar-refractivity contribution is -0.125. The molecule has 0 aliphatic heterocycles. The SMILES string of the molecule is NC(=O)C(Cc1cccnc1)(NCc1ccncc1)c1ccc(Br)cc1. The van der Waals surface area contributed by atoms with E-state index in [1.165, 1.54) is 0 Å². The molecule has 3 aromatic rings. The van der Waals surface area contributed by atoms with E-state index in [-0.39, 0.29) is 0 Å². The van der Waals surface area contributed by atoms with Crippen LogP contribution < -0.4 is 11.1 Å². The molecule has 5 nitrogen and oxygen atoms in total. The van der Waals surface area contributed by atoms with E-state index in [2.05, 4.69) is 31.2 Å². The first-order valence-corrected chi connectivity index (χ1v) is 8.98. The number of aromatic nitrogens is 2. The van der Waals surface area contributed by atoms with Crippen molar-refractivity contribution in [2.45, 2.75) is 18.5 Å². The van der Waals surface area contributed by atoms with Crippen molar-refractivity contribution in [2.75, 3.05) is 0 Å². The number of rotatable bonds is 7. The summed E-state index contributed by atoms with van der Waals surface area (Å²) in [5.41, 5.74) is 7.62. The maximum absolute atomic E-state index is 12.6. The number of amides is 1. The fourth-order valence-corrected chi connectivity index (χ4v) is 3.14. The van der Waals surface area contributed by atoms with E-state index in [0.717, 1.165) is 21.2 Å². The van der Waals surface area contributed by atoms with Gasteiger partial charge in [0.15, 0.2) is 0 Å². The Morgan fingerprint density at radius 3 is 2.35 bits per heavy atom. The summed E-state index contributed by atoms with van der Waals surface area (Å²) in [7, 11) is 0. The zero-order chi connectivity index (χ0) is 18.4. The zero-order valence-corrected chi connectivity index (χ0v) is 15.7. The van der Waals surface area contributed by atoms with Gasteiger partial charge in [0, 0.05) is 42.2 Å². The number of nitrogens with two attached hydrogens (primary N) is 1. The lowest BCUT2D eigenvalue weighted by Gasteiger charge is -2.33. The Labute approximate surface area is 160 Å². The molecule has 3 N–H and O–H groups in total. The van der Waals surface area contributed by atoms with Gasteiger partial charge in [0.05, 0.1) is 0 Å². The summed E-state index contributed by atoms with van der Waals surface area (Å²) >= 11 is 3.44. The Morgan fingerprint density at radius 1 is 1.00 bits per heavy atom. The molecule has 0 aliphatic carbocycles. The van der Waals surface area contributed by atoms with E-state index >= 15 is 0 Å². The zero-order valence-electron chi connectivity index (χ0n) is 14.1. The second-order valence-corrected chi connectivity index (χ2v) is 6.94. The molecule has 0 bridgehead atoms. The van der Waals surface area contributed by atoms with E-state index in [1.807, 2.05) is 48.5 Å². The Balaban J connectivity index is 1.99. The minimum atomic E-state index is -1.05. The van der Waals surface area contributed by atoms with Crippen LogP contribution in [0.25, 0.3) is 0 Å². The lowest BCUT2D eigenvalue weighted by atomic mass is 9.83. The van der Waals surface area contributed by atoms with Crippen molar-refractivity contribution in [1.29, 1.82) is 0 Å². The summed E-state index contributed by atoms with van der Waals surface area (Å²) in [5.74, 6) is -0.433. The van der Waals surface area contributed by atoms with Gasteiger partial charge in [-0.3, -0.25) is 20.1 Å². The van der Waals surface area contributed by atoms with Crippen molar-refractivity contribution in [3.63, 3.8) is 0 Å². The summed E-state index contributed by atoms with van der Waals surface area (Å²) in [4.78, 5) is 20.8. The predicted octanol–water partition coefficient (Wildman–Crippen LogP) is 2.95. The van der Waals surface area contributed by atoms with E-state index in [9.17, 15) is 4.79 Å². The van der Waals surface area contributed by atoms with Gasteiger partial charge >= 0.3 is 0 Å². The van der Waals surface area contributed by atoms with Crippen LogP contribution in [0.4, 0.5) is 0 Å². The third-order valence-electron chi connectivity index (χ3n) is 4.29. The van der Waals surface area contributed by atoms with Crippen molar-refractivity contribution in [3.8, 4) is 0 Å². The largest absolute Gasteiger partial charge is 0.368 e. The molecule has 6 heteroatoms. The third kappa shape index (κ3) is 4.15. The van der Waals surface area contributed by atoms with Crippen LogP contribution in [-0.4, -0.2) is 15.9 Å². The second-order valence-electron chi connectivity index (χ2n) is 6.02. The van der Waals surface area contributed by atoms with Crippen molar-refractivity contribution in [2.24, 2.45) is 5.73 Å². The van der Waals surface area contributed by atoms with Gasteiger partial charge < -0.3 is 5.73 Å². The van der Waals surface area contributed by atoms with Gasteiger partial charge in [-0.25, -0.2) is 0 Å². The van der Waals surface area contributed by atoms with Crippen LogP contribution >= 0.6 is 15.9 Å². The van der Waals surface area contributed by atoms with Crippen molar-refractivity contribution < 1.29 is 4.79 Å². The molecule has 1 unspecified atom stereocenters. The fourth-order valence-electron chi connectivity index (χ4n) is 2.88. The van der Waals surface area contributed by atoms with Crippen LogP contribution in [0.3, 0.4) is 0 Å². The molecule has 1 amide bonds. The Kier molecular flexibility index (Phi) is 5.75. The van der Waals surface area contributed by atoms with Crippen LogP contribution in [0, 0.1) is 0 Å². The smallest absolute Gasteiger partial charge is 0.242 e. The maximum Gasteiger partial charge on any atom is 0.242 e. The van der Waals surface area contributed by atoms with Crippen LogP contribution in [-0.2, 0) is 23.3 Å². The number of benzene rings is 1. The molecule has 0 spiro atoms. The van der Waals surface area contributed by atoms with Gasteiger partial charge in [-0.15, -0.1) is 0 Å². The van der Waals surface area contributed by atoms with Crippen LogP contribution in [0.2, 0.25) is 0 Å². The summed E-state index contributed by atoms with van der Waals surface area (Å²) in [6.45, 7) is 0.488. The quantitative estimate of drug-likeness (QED) is 0.627. The van der Waals surface area contributed by atoms with E-state index in [1.54, 1.807) is 24.8 Å². The molecule has 1 aromatic carbocycles.